The average molecular weight is 436 g/mol. The predicted octanol–water partition coefficient (Wildman–Crippen LogP) is 4.34. The lowest BCUT2D eigenvalue weighted by Crippen LogP contribution is -2.36. The Bertz CT molecular complexity index is 1200. The summed E-state index contributed by atoms with van der Waals surface area (Å²) in [5, 5.41) is 7.29. The summed E-state index contributed by atoms with van der Waals surface area (Å²) < 4.78 is 7.35. The molecule has 9 heteroatoms. The number of fused-ring (bicyclic) bond motifs is 1. The van der Waals surface area contributed by atoms with Gasteiger partial charge < -0.3 is 20.3 Å². The van der Waals surface area contributed by atoms with Gasteiger partial charge in [-0.15, -0.1) is 0 Å². The van der Waals surface area contributed by atoms with Crippen LogP contribution < -0.4 is 15.5 Å². The fourth-order valence-electron chi connectivity index (χ4n) is 3.55. The van der Waals surface area contributed by atoms with Crippen molar-refractivity contribution in [2.75, 3.05) is 41.8 Å². The summed E-state index contributed by atoms with van der Waals surface area (Å²) in [4.78, 5) is 16.0. The van der Waals surface area contributed by atoms with Crippen molar-refractivity contribution in [3.63, 3.8) is 0 Å². The molecule has 4 aromatic rings. The van der Waals surface area contributed by atoms with Gasteiger partial charge in [-0.05, 0) is 42.5 Å². The molecule has 0 spiro atoms. The molecule has 2 aromatic carbocycles. The predicted molar refractivity (Wildman–Crippen MR) is 124 cm³/mol. The molecular formula is C22H22ClN7O. The van der Waals surface area contributed by atoms with E-state index in [2.05, 4.69) is 42.6 Å². The fourth-order valence-corrected chi connectivity index (χ4v) is 3.67. The number of imidazole rings is 1. The molecular weight excluding hydrogens is 414 g/mol. The van der Waals surface area contributed by atoms with E-state index < -0.39 is 0 Å². The van der Waals surface area contributed by atoms with Crippen molar-refractivity contribution in [2.24, 2.45) is 7.05 Å². The van der Waals surface area contributed by atoms with E-state index in [1.807, 2.05) is 48.0 Å². The monoisotopic (exact) mass is 435 g/mol. The molecule has 0 unspecified atom stereocenters. The standard InChI is InChI=1S/C22H22ClN7O/c1-29-20-19(27-22(29)26-16-7-5-15(23)6-8-16)14-24-21(28-20)25-17-3-2-4-18(13-17)30-9-11-31-12-10-30/h2-8,13-14H,9-12H2,1H3,(H,26,27)(H,24,25,28). The summed E-state index contributed by atoms with van der Waals surface area (Å²) >= 11 is 5.97. The highest BCUT2D eigenvalue weighted by Crippen LogP contribution is 2.25. The summed E-state index contributed by atoms with van der Waals surface area (Å²) in [6, 6.07) is 15.7. The number of aryl methyl sites for hydroxylation is 1. The lowest BCUT2D eigenvalue weighted by molar-refractivity contribution is 0.122. The van der Waals surface area contributed by atoms with Gasteiger partial charge in [0.25, 0.3) is 0 Å². The Hall–Kier alpha value is -3.36. The number of nitrogens with one attached hydrogen (secondary N) is 2. The maximum Gasteiger partial charge on any atom is 0.229 e. The second-order valence-corrected chi connectivity index (χ2v) is 7.74. The summed E-state index contributed by atoms with van der Waals surface area (Å²) in [6.45, 7) is 3.29. The van der Waals surface area contributed by atoms with E-state index in [0.29, 0.717) is 22.4 Å². The first-order valence-electron chi connectivity index (χ1n) is 10.1. The number of hydrogen-bond acceptors (Lipinski definition) is 7. The Morgan fingerprint density at radius 2 is 1.77 bits per heavy atom. The van der Waals surface area contributed by atoms with Crippen LogP contribution in [0.2, 0.25) is 5.02 Å². The molecule has 0 bridgehead atoms. The van der Waals surface area contributed by atoms with Gasteiger partial charge in [-0.25, -0.2) is 9.97 Å². The van der Waals surface area contributed by atoms with Gasteiger partial charge in [0.1, 0.15) is 5.52 Å². The first-order chi connectivity index (χ1) is 15.2. The average Bonchev–Trinajstić information content (AvgIpc) is 3.11. The first-order valence-corrected chi connectivity index (χ1v) is 10.5. The Kier molecular flexibility index (Phi) is 5.31. The molecule has 2 aromatic heterocycles. The number of halogens is 1. The maximum absolute atomic E-state index is 5.97. The van der Waals surface area contributed by atoms with E-state index in [4.69, 9.17) is 16.3 Å². The number of benzene rings is 2. The van der Waals surface area contributed by atoms with Crippen LogP contribution >= 0.6 is 11.6 Å². The Balaban J connectivity index is 1.37. The number of hydrogen-bond donors (Lipinski definition) is 2. The number of ether oxygens (including phenoxy) is 1. The zero-order valence-electron chi connectivity index (χ0n) is 17.0. The molecule has 0 amide bonds. The van der Waals surface area contributed by atoms with Gasteiger partial charge in [-0.1, -0.05) is 17.7 Å². The molecule has 0 aliphatic carbocycles. The van der Waals surface area contributed by atoms with Crippen molar-refractivity contribution < 1.29 is 4.74 Å². The molecule has 1 aliphatic heterocycles. The number of nitrogens with zero attached hydrogens (tertiary/aromatic N) is 5. The van der Waals surface area contributed by atoms with Gasteiger partial charge in [-0.3, -0.25) is 4.57 Å². The third-order valence-electron chi connectivity index (χ3n) is 5.19. The summed E-state index contributed by atoms with van der Waals surface area (Å²) in [7, 11) is 1.92. The smallest absolute Gasteiger partial charge is 0.229 e. The van der Waals surface area contributed by atoms with Crippen LogP contribution in [0.15, 0.2) is 54.7 Å². The zero-order valence-corrected chi connectivity index (χ0v) is 17.8. The number of anilines is 5. The zero-order chi connectivity index (χ0) is 21.2. The van der Waals surface area contributed by atoms with Crippen LogP contribution in [-0.2, 0) is 11.8 Å². The van der Waals surface area contributed by atoms with Gasteiger partial charge in [0, 0.05) is 42.2 Å². The van der Waals surface area contributed by atoms with Crippen LogP contribution in [0.3, 0.4) is 0 Å². The van der Waals surface area contributed by atoms with Crippen LogP contribution in [0.25, 0.3) is 11.2 Å². The lowest BCUT2D eigenvalue weighted by atomic mass is 10.2. The van der Waals surface area contributed by atoms with E-state index >= 15 is 0 Å². The number of aromatic nitrogens is 4. The minimum absolute atomic E-state index is 0.521. The topological polar surface area (TPSA) is 80.1 Å². The number of morpholine rings is 1. The van der Waals surface area contributed by atoms with Crippen LogP contribution in [0.1, 0.15) is 0 Å². The largest absolute Gasteiger partial charge is 0.378 e. The van der Waals surface area contributed by atoms with Crippen LogP contribution in [0.4, 0.5) is 29.0 Å². The van der Waals surface area contributed by atoms with E-state index in [1.54, 1.807) is 6.20 Å². The highest BCUT2D eigenvalue weighted by molar-refractivity contribution is 6.30. The van der Waals surface area contributed by atoms with Gasteiger partial charge in [-0.2, -0.15) is 4.98 Å². The Morgan fingerprint density at radius 1 is 0.968 bits per heavy atom. The molecule has 0 atom stereocenters. The molecule has 2 N–H and O–H groups in total. The van der Waals surface area contributed by atoms with Gasteiger partial charge >= 0.3 is 0 Å². The molecule has 0 saturated carbocycles. The maximum atomic E-state index is 5.97. The Labute approximate surface area is 184 Å². The van der Waals surface area contributed by atoms with Crippen molar-refractivity contribution >= 4 is 51.7 Å². The Morgan fingerprint density at radius 3 is 2.58 bits per heavy atom. The second kappa shape index (κ2) is 8.41. The van der Waals surface area contributed by atoms with E-state index in [1.165, 1.54) is 0 Å². The third-order valence-corrected chi connectivity index (χ3v) is 5.44. The van der Waals surface area contributed by atoms with Crippen molar-refractivity contribution in [1.82, 2.24) is 19.5 Å². The molecule has 1 aliphatic rings. The minimum Gasteiger partial charge on any atom is -0.378 e. The normalized spacial score (nSPS) is 14.1. The van der Waals surface area contributed by atoms with E-state index in [-0.39, 0.29) is 0 Å². The van der Waals surface area contributed by atoms with E-state index in [0.717, 1.165) is 49.0 Å². The van der Waals surface area contributed by atoms with Crippen molar-refractivity contribution in [3.8, 4) is 0 Å². The molecule has 0 radical (unpaired) electrons. The molecule has 3 heterocycles. The van der Waals surface area contributed by atoms with Crippen molar-refractivity contribution in [2.45, 2.75) is 0 Å². The molecule has 31 heavy (non-hydrogen) atoms. The van der Waals surface area contributed by atoms with Gasteiger partial charge in [0.2, 0.25) is 11.9 Å². The second-order valence-electron chi connectivity index (χ2n) is 7.30. The van der Waals surface area contributed by atoms with Crippen LogP contribution in [-0.4, -0.2) is 45.8 Å². The highest BCUT2D eigenvalue weighted by Gasteiger charge is 2.13. The fraction of sp³-hybridized carbons (Fsp3) is 0.227. The molecule has 5 rings (SSSR count). The summed E-state index contributed by atoms with van der Waals surface area (Å²) in [5.41, 5.74) is 4.44. The quantitative estimate of drug-likeness (QED) is 0.482. The minimum atomic E-state index is 0.521. The summed E-state index contributed by atoms with van der Waals surface area (Å²) in [5.74, 6) is 1.20. The molecule has 158 valence electrons. The number of rotatable bonds is 5. The van der Waals surface area contributed by atoms with Crippen molar-refractivity contribution in [3.05, 3.63) is 59.8 Å². The third kappa shape index (κ3) is 4.26. The van der Waals surface area contributed by atoms with Crippen LogP contribution in [0.5, 0.6) is 0 Å². The molecule has 8 nitrogen and oxygen atoms in total. The highest BCUT2D eigenvalue weighted by atomic mass is 35.5. The lowest BCUT2D eigenvalue weighted by Gasteiger charge is -2.29. The SMILES string of the molecule is Cn1c(Nc2ccc(Cl)cc2)nc2cnc(Nc3cccc(N4CCOCC4)c3)nc21. The molecule has 1 fully saturated rings. The first kappa shape index (κ1) is 19.6. The van der Waals surface area contributed by atoms with Crippen LogP contribution in [0, 0.1) is 0 Å². The van der Waals surface area contributed by atoms with E-state index in [9.17, 15) is 0 Å². The van der Waals surface area contributed by atoms with Gasteiger partial charge in [0.15, 0.2) is 5.65 Å². The molecule has 1 saturated heterocycles. The van der Waals surface area contributed by atoms with Crippen molar-refractivity contribution in [1.29, 1.82) is 0 Å². The summed E-state index contributed by atoms with van der Waals surface area (Å²) in [6.07, 6.45) is 1.73. The van der Waals surface area contributed by atoms with Gasteiger partial charge in [0.05, 0.1) is 19.4 Å².